The molecule has 8 nitrogen and oxygen atoms in total. The number of hydrazine groups is 1. The van der Waals surface area contributed by atoms with Gasteiger partial charge in [0.25, 0.3) is 11.8 Å². The van der Waals surface area contributed by atoms with Crippen molar-refractivity contribution in [2.24, 2.45) is 0 Å². The minimum atomic E-state index is -3.87. The van der Waals surface area contributed by atoms with Crippen molar-refractivity contribution < 1.29 is 27.1 Å². The summed E-state index contributed by atoms with van der Waals surface area (Å²) in [5.41, 5.74) is 5.56. The van der Waals surface area contributed by atoms with Gasteiger partial charge in [-0.15, -0.1) is 0 Å². The van der Waals surface area contributed by atoms with Crippen LogP contribution in [-0.4, -0.2) is 32.9 Å². The summed E-state index contributed by atoms with van der Waals surface area (Å²) >= 11 is 0. The average Bonchev–Trinajstić information content (AvgIpc) is 2.69. The molecule has 2 amide bonds. The Labute approximate surface area is 174 Å². The number of rotatable bonds is 7. The van der Waals surface area contributed by atoms with Crippen LogP contribution in [0.15, 0.2) is 41.3 Å². The number of ether oxygens (including phenoxy) is 1. The van der Waals surface area contributed by atoms with Crippen LogP contribution in [0, 0.1) is 19.7 Å². The van der Waals surface area contributed by atoms with Crippen LogP contribution < -0.4 is 20.3 Å². The molecule has 1 atom stereocenters. The topological polar surface area (TPSA) is 114 Å². The molecule has 2 rings (SSSR count). The second-order valence-corrected chi connectivity index (χ2v) is 8.31. The van der Waals surface area contributed by atoms with E-state index >= 15 is 0 Å². The van der Waals surface area contributed by atoms with Crippen molar-refractivity contribution in [1.29, 1.82) is 0 Å². The standard InChI is InChI=1S/C20H24FN3O5S/c1-5-22-30(27,28)15-9-10-17(21)16(11-15)20(26)24-23-19(25)14(4)29-18-8-6-7-12(2)13(18)3/h6-11,14,22H,5H2,1-4H3,(H,23,25)(H,24,26). The first-order chi connectivity index (χ1) is 14.1. The van der Waals surface area contributed by atoms with E-state index < -0.39 is 39.3 Å². The Bertz CT molecular complexity index is 1060. The number of hydrogen-bond donors (Lipinski definition) is 3. The Kier molecular flexibility index (Phi) is 7.52. The number of carbonyl (C=O) groups is 2. The van der Waals surface area contributed by atoms with E-state index in [2.05, 4.69) is 15.6 Å². The van der Waals surface area contributed by atoms with Gasteiger partial charge in [-0.2, -0.15) is 0 Å². The second-order valence-electron chi connectivity index (χ2n) is 6.54. The Balaban J connectivity index is 2.06. The van der Waals surface area contributed by atoms with E-state index in [9.17, 15) is 22.4 Å². The fourth-order valence-electron chi connectivity index (χ4n) is 2.50. The van der Waals surface area contributed by atoms with Gasteiger partial charge in [-0.05, 0) is 56.2 Å². The van der Waals surface area contributed by atoms with Crippen LogP contribution in [0.3, 0.4) is 0 Å². The molecule has 30 heavy (non-hydrogen) atoms. The van der Waals surface area contributed by atoms with Crippen molar-refractivity contribution in [1.82, 2.24) is 15.6 Å². The lowest BCUT2D eigenvalue weighted by molar-refractivity contribution is -0.128. The zero-order valence-corrected chi connectivity index (χ0v) is 17.9. The molecule has 0 spiro atoms. The first-order valence-corrected chi connectivity index (χ1v) is 10.7. The molecule has 0 saturated heterocycles. The zero-order chi connectivity index (χ0) is 22.5. The highest BCUT2D eigenvalue weighted by atomic mass is 32.2. The van der Waals surface area contributed by atoms with Gasteiger partial charge in [-0.3, -0.25) is 20.4 Å². The van der Waals surface area contributed by atoms with Crippen LogP contribution in [0.5, 0.6) is 5.75 Å². The number of halogens is 1. The molecule has 1 unspecified atom stereocenters. The predicted octanol–water partition coefficient (Wildman–Crippen LogP) is 1.97. The van der Waals surface area contributed by atoms with Crippen molar-refractivity contribution in [3.8, 4) is 5.75 Å². The first kappa shape index (κ1) is 23.3. The number of benzene rings is 2. The Morgan fingerprint density at radius 1 is 1.13 bits per heavy atom. The molecule has 0 aliphatic heterocycles. The maximum absolute atomic E-state index is 14.0. The summed E-state index contributed by atoms with van der Waals surface area (Å²) in [6.07, 6.45) is -0.948. The number of aryl methyl sites for hydroxylation is 1. The number of sulfonamides is 1. The normalized spacial score (nSPS) is 12.2. The minimum absolute atomic E-state index is 0.135. The lowest BCUT2D eigenvalue weighted by atomic mass is 10.1. The third kappa shape index (κ3) is 5.55. The highest BCUT2D eigenvalue weighted by molar-refractivity contribution is 7.89. The number of hydrogen-bond acceptors (Lipinski definition) is 5. The Morgan fingerprint density at radius 3 is 2.50 bits per heavy atom. The van der Waals surface area contributed by atoms with Gasteiger partial charge in [-0.1, -0.05) is 19.1 Å². The number of amides is 2. The molecule has 0 heterocycles. The molecule has 0 aliphatic carbocycles. The van der Waals surface area contributed by atoms with E-state index in [-0.39, 0.29) is 11.4 Å². The smallest absolute Gasteiger partial charge is 0.279 e. The summed E-state index contributed by atoms with van der Waals surface area (Å²) in [4.78, 5) is 24.2. The lowest BCUT2D eigenvalue weighted by Crippen LogP contribution is -2.47. The Hall–Kier alpha value is -2.98. The third-order valence-corrected chi connectivity index (χ3v) is 5.90. The van der Waals surface area contributed by atoms with Crippen molar-refractivity contribution >= 4 is 21.8 Å². The van der Waals surface area contributed by atoms with Gasteiger partial charge >= 0.3 is 0 Å². The fourth-order valence-corrected chi connectivity index (χ4v) is 3.57. The average molecular weight is 437 g/mol. The van der Waals surface area contributed by atoms with E-state index in [1.54, 1.807) is 19.1 Å². The minimum Gasteiger partial charge on any atom is -0.481 e. The largest absolute Gasteiger partial charge is 0.481 e. The maximum atomic E-state index is 14.0. The monoisotopic (exact) mass is 437 g/mol. The molecular weight excluding hydrogens is 413 g/mol. The molecule has 2 aromatic carbocycles. The van der Waals surface area contributed by atoms with E-state index in [1.165, 1.54) is 6.92 Å². The molecular formula is C20H24FN3O5S. The number of carbonyl (C=O) groups excluding carboxylic acids is 2. The quantitative estimate of drug-likeness (QED) is 0.573. The maximum Gasteiger partial charge on any atom is 0.279 e. The summed E-state index contributed by atoms with van der Waals surface area (Å²) in [6.45, 7) is 6.98. The van der Waals surface area contributed by atoms with Gasteiger partial charge in [0, 0.05) is 6.54 Å². The van der Waals surface area contributed by atoms with Crippen molar-refractivity contribution in [3.05, 3.63) is 58.9 Å². The van der Waals surface area contributed by atoms with Gasteiger partial charge in [0.05, 0.1) is 10.5 Å². The Morgan fingerprint density at radius 2 is 1.83 bits per heavy atom. The van der Waals surface area contributed by atoms with Crippen LogP contribution >= 0.6 is 0 Å². The summed E-state index contributed by atoms with van der Waals surface area (Å²) in [6, 6.07) is 8.23. The molecule has 0 bridgehead atoms. The van der Waals surface area contributed by atoms with Crippen molar-refractivity contribution in [2.75, 3.05) is 6.54 Å². The van der Waals surface area contributed by atoms with Gasteiger partial charge in [0.1, 0.15) is 11.6 Å². The van der Waals surface area contributed by atoms with Crippen molar-refractivity contribution in [3.63, 3.8) is 0 Å². The van der Waals surface area contributed by atoms with Crippen LogP contribution in [0.25, 0.3) is 0 Å². The lowest BCUT2D eigenvalue weighted by Gasteiger charge is -2.17. The molecule has 0 fully saturated rings. The van der Waals surface area contributed by atoms with Crippen LogP contribution in [-0.2, 0) is 14.8 Å². The SMILES string of the molecule is CCNS(=O)(=O)c1ccc(F)c(C(=O)NNC(=O)C(C)Oc2cccc(C)c2C)c1. The summed E-state index contributed by atoms with van der Waals surface area (Å²) in [5, 5.41) is 0. The fraction of sp³-hybridized carbons (Fsp3) is 0.300. The van der Waals surface area contributed by atoms with E-state index in [1.807, 2.05) is 19.9 Å². The zero-order valence-electron chi connectivity index (χ0n) is 17.1. The highest BCUT2D eigenvalue weighted by Crippen LogP contribution is 2.21. The highest BCUT2D eigenvalue weighted by Gasteiger charge is 2.21. The van der Waals surface area contributed by atoms with Crippen LogP contribution in [0.4, 0.5) is 4.39 Å². The summed E-state index contributed by atoms with van der Waals surface area (Å²) in [7, 11) is -3.87. The molecule has 0 aliphatic rings. The van der Waals surface area contributed by atoms with Crippen LogP contribution in [0.1, 0.15) is 35.3 Å². The van der Waals surface area contributed by atoms with E-state index in [0.717, 1.165) is 29.3 Å². The van der Waals surface area contributed by atoms with E-state index in [0.29, 0.717) is 5.75 Å². The van der Waals surface area contributed by atoms with Crippen LogP contribution in [0.2, 0.25) is 0 Å². The second kappa shape index (κ2) is 9.68. The van der Waals surface area contributed by atoms with Gasteiger partial charge in [0.15, 0.2) is 6.10 Å². The molecule has 0 saturated carbocycles. The first-order valence-electron chi connectivity index (χ1n) is 9.19. The van der Waals surface area contributed by atoms with Gasteiger partial charge in [0.2, 0.25) is 10.0 Å². The van der Waals surface area contributed by atoms with Gasteiger partial charge < -0.3 is 4.74 Å². The van der Waals surface area contributed by atoms with E-state index in [4.69, 9.17) is 4.74 Å². The molecule has 162 valence electrons. The molecule has 0 radical (unpaired) electrons. The summed E-state index contributed by atoms with van der Waals surface area (Å²) in [5.74, 6) is -2.08. The molecule has 10 heteroatoms. The molecule has 3 N–H and O–H groups in total. The predicted molar refractivity (Wildman–Crippen MR) is 109 cm³/mol. The number of nitrogens with one attached hydrogen (secondary N) is 3. The molecule has 0 aromatic heterocycles. The molecule has 2 aromatic rings. The van der Waals surface area contributed by atoms with Crippen molar-refractivity contribution in [2.45, 2.75) is 38.7 Å². The van der Waals surface area contributed by atoms with Gasteiger partial charge in [-0.25, -0.2) is 17.5 Å². The summed E-state index contributed by atoms with van der Waals surface area (Å²) < 4.78 is 46.0. The third-order valence-electron chi connectivity index (χ3n) is 4.35.